The number of hydrogen-bond acceptors (Lipinski definition) is 3. The number of aromatic amines is 1. The standard InChI is InChI=1S/C14H20N4/c1-9-3-6-14(15,7-4-9)13-17-11-10(2)5-8-16-12(11)18-13/h5,8-9H,3-4,6-7,15H2,1-2H3,(H,16,17,18). The van der Waals surface area contributed by atoms with Gasteiger partial charge < -0.3 is 10.7 Å². The van der Waals surface area contributed by atoms with Crippen molar-refractivity contribution < 1.29 is 0 Å². The van der Waals surface area contributed by atoms with Crippen LogP contribution in [-0.4, -0.2) is 15.0 Å². The van der Waals surface area contributed by atoms with Gasteiger partial charge in [-0.3, -0.25) is 0 Å². The van der Waals surface area contributed by atoms with E-state index in [2.05, 4.69) is 28.8 Å². The molecular weight excluding hydrogens is 224 g/mol. The summed E-state index contributed by atoms with van der Waals surface area (Å²) in [5.74, 6) is 1.69. The second-order valence-electron chi connectivity index (χ2n) is 5.75. The number of nitrogens with zero attached hydrogens (tertiary/aromatic N) is 2. The molecule has 1 fully saturated rings. The Kier molecular flexibility index (Phi) is 2.63. The van der Waals surface area contributed by atoms with Crippen molar-refractivity contribution in [2.45, 2.75) is 45.1 Å². The molecule has 2 heterocycles. The molecule has 2 aromatic rings. The van der Waals surface area contributed by atoms with Crippen LogP contribution >= 0.6 is 0 Å². The van der Waals surface area contributed by atoms with Crippen molar-refractivity contribution >= 4 is 11.2 Å². The lowest BCUT2D eigenvalue weighted by molar-refractivity contribution is 0.238. The highest BCUT2D eigenvalue weighted by atomic mass is 15.0. The molecule has 1 saturated carbocycles. The number of imidazole rings is 1. The normalized spacial score (nSPS) is 28.7. The van der Waals surface area contributed by atoms with E-state index < -0.39 is 0 Å². The van der Waals surface area contributed by atoms with Crippen LogP contribution in [0.25, 0.3) is 11.2 Å². The van der Waals surface area contributed by atoms with Gasteiger partial charge in [-0.05, 0) is 50.2 Å². The van der Waals surface area contributed by atoms with E-state index in [1.807, 2.05) is 6.07 Å². The minimum atomic E-state index is -0.292. The molecule has 0 saturated heterocycles. The molecule has 0 radical (unpaired) electrons. The van der Waals surface area contributed by atoms with Gasteiger partial charge in [-0.25, -0.2) is 9.97 Å². The first kappa shape index (κ1) is 11.7. The molecule has 4 nitrogen and oxygen atoms in total. The molecule has 18 heavy (non-hydrogen) atoms. The van der Waals surface area contributed by atoms with E-state index in [0.717, 1.165) is 35.7 Å². The molecule has 0 aliphatic heterocycles. The average Bonchev–Trinajstić information content (AvgIpc) is 2.79. The van der Waals surface area contributed by atoms with E-state index in [9.17, 15) is 0 Å². The second kappa shape index (κ2) is 4.05. The van der Waals surface area contributed by atoms with Gasteiger partial charge in [0, 0.05) is 6.20 Å². The second-order valence-corrected chi connectivity index (χ2v) is 5.75. The molecule has 1 aliphatic carbocycles. The number of nitrogens with two attached hydrogens (primary N) is 1. The zero-order valence-electron chi connectivity index (χ0n) is 11.0. The van der Waals surface area contributed by atoms with E-state index in [1.54, 1.807) is 6.20 Å². The monoisotopic (exact) mass is 244 g/mol. The maximum Gasteiger partial charge on any atom is 0.178 e. The molecule has 3 rings (SSSR count). The number of H-pyrrole nitrogens is 1. The van der Waals surface area contributed by atoms with Crippen molar-refractivity contribution in [3.8, 4) is 0 Å². The van der Waals surface area contributed by atoms with Crippen molar-refractivity contribution in [2.24, 2.45) is 11.7 Å². The highest BCUT2D eigenvalue weighted by Gasteiger charge is 2.34. The Morgan fingerprint density at radius 2 is 2.11 bits per heavy atom. The zero-order chi connectivity index (χ0) is 12.8. The Morgan fingerprint density at radius 1 is 1.39 bits per heavy atom. The van der Waals surface area contributed by atoms with Gasteiger partial charge in [0.2, 0.25) is 0 Å². The predicted octanol–water partition coefficient (Wildman–Crippen LogP) is 2.63. The quantitative estimate of drug-likeness (QED) is 0.810. The van der Waals surface area contributed by atoms with Crippen LogP contribution in [0.2, 0.25) is 0 Å². The lowest BCUT2D eigenvalue weighted by Gasteiger charge is -2.34. The molecule has 96 valence electrons. The molecule has 0 aromatic carbocycles. The summed E-state index contributed by atoms with van der Waals surface area (Å²) in [7, 11) is 0. The summed E-state index contributed by atoms with van der Waals surface area (Å²) < 4.78 is 0. The fourth-order valence-corrected chi connectivity index (χ4v) is 2.79. The van der Waals surface area contributed by atoms with Gasteiger partial charge in [0.15, 0.2) is 5.65 Å². The minimum Gasteiger partial charge on any atom is -0.339 e. The van der Waals surface area contributed by atoms with Crippen LogP contribution in [0.5, 0.6) is 0 Å². The molecule has 4 heteroatoms. The average molecular weight is 244 g/mol. The highest BCUT2D eigenvalue weighted by Crippen LogP contribution is 2.36. The van der Waals surface area contributed by atoms with Gasteiger partial charge in [-0.15, -0.1) is 0 Å². The molecule has 1 aliphatic rings. The van der Waals surface area contributed by atoms with E-state index in [1.165, 1.54) is 18.4 Å². The van der Waals surface area contributed by atoms with Gasteiger partial charge in [0.05, 0.1) is 11.1 Å². The SMILES string of the molecule is Cc1ccnc2nc(C3(N)CCC(C)CC3)[nH]c12. The fourth-order valence-electron chi connectivity index (χ4n) is 2.79. The summed E-state index contributed by atoms with van der Waals surface area (Å²) >= 11 is 0. The molecule has 0 unspecified atom stereocenters. The van der Waals surface area contributed by atoms with Gasteiger partial charge in [-0.1, -0.05) is 6.92 Å². The lowest BCUT2D eigenvalue weighted by atomic mass is 9.77. The topological polar surface area (TPSA) is 67.6 Å². The summed E-state index contributed by atoms with van der Waals surface area (Å²) in [5.41, 5.74) is 9.23. The number of aromatic nitrogens is 3. The maximum atomic E-state index is 6.53. The van der Waals surface area contributed by atoms with Crippen LogP contribution in [0.4, 0.5) is 0 Å². The molecular formula is C14H20N4. The van der Waals surface area contributed by atoms with Gasteiger partial charge in [0.1, 0.15) is 5.82 Å². The largest absolute Gasteiger partial charge is 0.339 e. The van der Waals surface area contributed by atoms with Crippen LogP contribution in [0.15, 0.2) is 12.3 Å². The van der Waals surface area contributed by atoms with Crippen LogP contribution in [-0.2, 0) is 5.54 Å². The first-order valence-electron chi connectivity index (χ1n) is 6.69. The summed E-state index contributed by atoms with van der Waals surface area (Å²) in [5, 5.41) is 0. The summed E-state index contributed by atoms with van der Waals surface area (Å²) in [6, 6.07) is 2.00. The van der Waals surface area contributed by atoms with E-state index in [0.29, 0.717) is 0 Å². The number of aryl methyl sites for hydroxylation is 1. The Balaban J connectivity index is 2.01. The third kappa shape index (κ3) is 1.81. The number of nitrogens with one attached hydrogen (secondary N) is 1. The minimum absolute atomic E-state index is 0.292. The van der Waals surface area contributed by atoms with Crippen molar-refractivity contribution in [3.63, 3.8) is 0 Å². The third-order valence-corrected chi connectivity index (χ3v) is 4.24. The van der Waals surface area contributed by atoms with Crippen LogP contribution in [0.3, 0.4) is 0 Å². The first-order valence-corrected chi connectivity index (χ1v) is 6.69. The van der Waals surface area contributed by atoms with Crippen molar-refractivity contribution in [3.05, 3.63) is 23.7 Å². The smallest absolute Gasteiger partial charge is 0.178 e. The Hall–Kier alpha value is -1.42. The molecule has 2 aromatic heterocycles. The van der Waals surface area contributed by atoms with Crippen molar-refractivity contribution in [2.75, 3.05) is 0 Å². The molecule has 0 amide bonds. The number of rotatable bonds is 1. The fraction of sp³-hybridized carbons (Fsp3) is 0.571. The number of hydrogen-bond donors (Lipinski definition) is 2. The molecule has 3 N–H and O–H groups in total. The number of pyridine rings is 1. The molecule has 0 bridgehead atoms. The Bertz CT molecular complexity index is 564. The Labute approximate surface area is 107 Å². The summed E-state index contributed by atoms with van der Waals surface area (Å²) in [6.45, 7) is 4.36. The van der Waals surface area contributed by atoms with Gasteiger partial charge in [-0.2, -0.15) is 0 Å². The van der Waals surface area contributed by atoms with Crippen LogP contribution in [0, 0.1) is 12.8 Å². The predicted molar refractivity (Wildman–Crippen MR) is 72.1 cm³/mol. The first-order chi connectivity index (χ1) is 8.58. The Morgan fingerprint density at radius 3 is 2.78 bits per heavy atom. The maximum absolute atomic E-state index is 6.53. The van der Waals surface area contributed by atoms with Crippen molar-refractivity contribution in [1.29, 1.82) is 0 Å². The zero-order valence-corrected chi connectivity index (χ0v) is 11.0. The summed E-state index contributed by atoms with van der Waals surface area (Å²) in [6.07, 6.45) is 6.18. The van der Waals surface area contributed by atoms with Crippen molar-refractivity contribution in [1.82, 2.24) is 15.0 Å². The van der Waals surface area contributed by atoms with Gasteiger partial charge in [0.25, 0.3) is 0 Å². The third-order valence-electron chi connectivity index (χ3n) is 4.24. The number of fused-ring (bicyclic) bond motifs is 1. The van der Waals surface area contributed by atoms with Gasteiger partial charge >= 0.3 is 0 Å². The van der Waals surface area contributed by atoms with Crippen LogP contribution < -0.4 is 5.73 Å². The van der Waals surface area contributed by atoms with Crippen LogP contribution in [0.1, 0.15) is 44.0 Å². The lowest BCUT2D eigenvalue weighted by Crippen LogP contribution is -2.41. The molecule has 0 atom stereocenters. The van der Waals surface area contributed by atoms with E-state index >= 15 is 0 Å². The molecule has 0 spiro atoms. The summed E-state index contributed by atoms with van der Waals surface area (Å²) in [4.78, 5) is 12.3. The highest BCUT2D eigenvalue weighted by molar-refractivity contribution is 5.74. The van der Waals surface area contributed by atoms with E-state index in [-0.39, 0.29) is 5.54 Å². The van der Waals surface area contributed by atoms with E-state index in [4.69, 9.17) is 5.73 Å².